The minimum absolute atomic E-state index is 0.00525. The molecular weight excluding hydrogens is 398 g/mol. The number of methoxy groups -OCH3 is 1. The zero-order chi connectivity index (χ0) is 21.1. The third kappa shape index (κ3) is 7.18. The Labute approximate surface area is 175 Å². The molecule has 0 aromatic heterocycles. The Morgan fingerprint density at radius 2 is 1.90 bits per heavy atom. The van der Waals surface area contributed by atoms with Crippen molar-refractivity contribution >= 4 is 22.8 Å². The highest BCUT2D eigenvalue weighted by Crippen LogP contribution is 2.36. The molecule has 0 bridgehead atoms. The van der Waals surface area contributed by atoms with E-state index in [0.717, 1.165) is 0 Å². The van der Waals surface area contributed by atoms with Crippen LogP contribution < -0.4 is 4.74 Å². The molecular formula is C20H29NO7S. The lowest BCUT2D eigenvalue weighted by Gasteiger charge is -2.13. The first-order valence-corrected chi connectivity index (χ1v) is 10.6. The van der Waals surface area contributed by atoms with E-state index in [-0.39, 0.29) is 18.4 Å². The van der Waals surface area contributed by atoms with E-state index < -0.39 is 11.9 Å². The number of carboxylic acid groups (broad SMARTS) is 1. The Morgan fingerprint density at radius 1 is 1.21 bits per heavy atom. The molecule has 2 atom stereocenters. The molecule has 1 aliphatic rings. The van der Waals surface area contributed by atoms with Crippen LogP contribution in [0.2, 0.25) is 0 Å². The molecule has 1 heterocycles. The number of carbonyl (C=O) groups is 1. The molecule has 2 rings (SSSR count). The summed E-state index contributed by atoms with van der Waals surface area (Å²) in [5, 5.41) is 20.5. The summed E-state index contributed by atoms with van der Waals surface area (Å²) in [4.78, 5) is 15.9. The van der Waals surface area contributed by atoms with E-state index in [9.17, 15) is 15.0 Å². The summed E-state index contributed by atoms with van der Waals surface area (Å²) in [6.45, 7) is 4.52. The van der Waals surface area contributed by atoms with Crippen LogP contribution in [0.1, 0.15) is 18.9 Å². The van der Waals surface area contributed by atoms with Gasteiger partial charge in [-0.1, -0.05) is 13.0 Å². The van der Waals surface area contributed by atoms with Crippen LogP contribution in [0, 0.1) is 5.92 Å². The van der Waals surface area contributed by atoms with Crippen LogP contribution in [-0.2, 0) is 19.0 Å². The topological polar surface area (TPSA) is 107 Å². The molecule has 0 fully saturated rings. The Kier molecular flexibility index (Phi) is 10.3. The maximum absolute atomic E-state index is 11.4. The fourth-order valence-electron chi connectivity index (χ4n) is 2.84. The van der Waals surface area contributed by atoms with E-state index in [0.29, 0.717) is 61.6 Å². The molecule has 1 aromatic carbocycles. The predicted octanol–water partition coefficient (Wildman–Crippen LogP) is 2.42. The molecule has 1 aliphatic heterocycles. The van der Waals surface area contributed by atoms with Crippen LogP contribution in [0.15, 0.2) is 23.2 Å². The highest BCUT2D eigenvalue weighted by atomic mass is 32.2. The number of aliphatic carboxylic acids is 1. The zero-order valence-corrected chi connectivity index (χ0v) is 17.7. The van der Waals surface area contributed by atoms with E-state index in [1.165, 1.54) is 11.8 Å². The first kappa shape index (κ1) is 23.5. The van der Waals surface area contributed by atoms with Gasteiger partial charge < -0.3 is 29.2 Å². The largest absolute Gasteiger partial charge is 0.504 e. The number of nitrogens with zero attached hydrogens (tertiary/aromatic N) is 1. The van der Waals surface area contributed by atoms with E-state index >= 15 is 0 Å². The van der Waals surface area contributed by atoms with Crippen LogP contribution in [0.25, 0.3) is 0 Å². The average molecular weight is 428 g/mol. The van der Waals surface area contributed by atoms with Crippen molar-refractivity contribution in [3.63, 3.8) is 0 Å². The number of ether oxygens (including phenoxy) is 4. The van der Waals surface area contributed by atoms with Crippen LogP contribution in [0.5, 0.6) is 11.5 Å². The SMILES string of the molecule is CC[C@H](C(=O)O)C1CSC(c2cccc(OCCOCCOCCOC)c2O)=N1. The maximum atomic E-state index is 11.4. The smallest absolute Gasteiger partial charge is 0.308 e. The third-order valence-corrected chi connectivity index (χ3v) is 5.52. The molecule has 0 radical (unpaired) electrons. The number of aromatic hydroxyl groups is 1. The number of phenols is 1. The predicted molar refractivity (Wildman–Crippen MR) is 111 cm³/mol. The van der Waals surface area contributed by atoms with Crippen molar-refractivity contribution in [3.05, 3.63) is 23.8 Å². The van der Waals surface area contributed by atoms with Gasteiger partial charge in [0.2, 0.25) is 0 Å². The monoisotopic (exact) mass is 427 g/mol. The van der Waals surface area contributed by atoms with Crippen molar-refractivity contribution in [2.75, 3.05) is 52.5 Å². The van der Waals surface area contributed by atoms with Gasteiger partial charge >= 0.3 is 5.97 Å². The standard InChI is InChI=1S/C20H29NO7S/c1-3-14(20(23)24)16-13-29-19(21-16)15-5-4-6-17(18(15)22)28-12-11-27-10-9-26-8-7-25-2/h4-6,14,16,22H,3,7-13H2,1-2H3,(H,23,24)/t14-,16?/m0/s1. The van der Waals surface area contributed by atoms with Crippen LogP contribution >= 0.6 is 11.8 Å². The average Bonchev–Trinajstić information content (AvgIpc) is 3.17. The number of phenolic OH excluding ortho intramolecular Hbond substituents is 1. The molecule has 9 heteroatoms. The molecule has 162 valence electrons. The molecule has 0 aliphatic carbocycles. The number of para-hydroxylation sites is 1. The third-order valence-electron chi connectivity index (χ3n) is 4.41. The Hall–Kier alpha value is -1.81. The number of thioether (sulfide) groups is 1. The Balaban J connectivity index is 1.84. The van der Waals surface area contributed by atoms with E-state index in [2.05, 4.69) is 4.99 Å². The molecule has 1 unspecified atom stereocenters. The maximum Gasteiger partial charge on any atom is 0.308 e. The number of benzene rings is 1. The lowest BCUT2D eigenvalue weighted by molar-refractivity contribution is -0.142. The van der Waals surface area contributed by atoms with Gasteiger partial charge in [0.1, 0.15) is 11.7 Å². The molecule has 0 spiro atoms. The second-order valence-electron chi connectivity index (χ2n) is 6.38. The molecule has 8 nitrogen and oxygen atoms in total. The van der Waals surface area contributed by atoms with Gasteiger partial charge in [-0.15, -0.1) is 11.8 Å². The molecule has 29 heavy (non-hydrogen) atoms. The summed E-state index contributed by atoms with van der Waals surface area (Å²) in [7, 11) is 1.62. The Bertz CT molecular complexity index is 683. The van der Waals surface area contributed by atoms with Crippen molar-refractivity contribution < 1.29 is 34.0 Å². The summed E-state index contributed by atoms with van der Waals surface area (Å²) >= 11 is 1.45. The second-order valence-corrected chi connectivity index (χ2v) is 7.39. The van der Waals surface area contributed by atoms with Gasteiger partial charge in [-0.2, -0.15) is 0 Å². The molecule has 0 saturated heterocycles. The molecule has 0 saturated carbocycles. The fourth-order valence-corrected chi connectivity index (χ4v) is 4.01. The van der Waals surface area contributed by atoms with Gasteiger partial charge in [-0.05, 0) is 18.6 Å². The van der Waals surface area contributed by atoms with Gasteiger partial charge in [-0.3, -0.25) is 9.79 Å². The van der Waals surface area contributed by atoms with Crippen LogP contribution in [-0.4, -0.2) is 79.8 Å². The van der Waals surface area contributed by atoms with Crippen LogP contribution in [0.4, 0.5) is 0 Å². The van der Waals surface area contributed by atoms with E-state index in [1.807, 2.05) is 6.92 Å². The number of aliphatic imine (C=N–C) groups is 1. The summed E-state index contributed by atoms with van der Waals surface area (Å²) in [6, 6.07) is 4.92. The second kappa shape index (κ2) is 12.7. The van der Waals surface area contributed by atoms with E-state index in [4.69, 9.17) is 18.9 Å². The fraction of sp³-hybridized carbons (Fsp3) is 0.600. The highest BCUT2D eigenvalue weighted by molar-refractivity contribution is 8.14. The van der Waals surface area contributed by atoms with Gasteiger partial charge in [0.25, 0.3) is 0 Å². The van der Waals surface area contributed by atoms with Crippen molar-refractivity contribution in [1.29, 1.82) is 0 Å². The van der Waals surface area contributed by atoms with Crippen molar-refractivity contribution in [1.82, 2.24) is 0 Å². The van der Waals surface area contributed by atoms with Crippen molar-refractivity contribution in [2.45, 2.75) is 19.4 Å². The summed E-state index contributed by atoms with van der Waals surface area (Å²) < 4.78 is 21.2. The number of rotatable bonds is 14. The molecule has 1 aromatic rings. The minimum atomic E-state index is -0.839. The van der Waals surface area contributed by atoms with Gasteiger partial charge in [0.05, 0.1) is 50.6 Å². The quantitative estimate of drug-likeness (QED) is 0.436. The van der Waals surface area contributed by atoms with Crippen molar-refractivity contribution in [2.24, 2.45) is 10.9 Å². The molecule has 2 N–H and O–H groups in total. The van der Waals surface area contributed by atoms with Gasteiger partial charge in [0.15, 0.2) is 11.5 Å². The zero-order valence-electron chi connectivity index (χ0n) is 16.8. The summed E-state index contributed by atoms with van der Waals surface area (Å²) in [5.74, 6) is -0.416. The number of carboxylic acids is 1. The van der Waals surface area contributed by atoms with E-state index in [1.54, 1.807) is 25.3 Å². The van der Waals surface area contributed by atoms with Crippen molar-refractivity contribution in [3.8, 4) is 11.5 Å². The normalized spacial score (nSPS) is 17.2. The summed E-state index contributed by atoms with van der Waals surface area (Å²) in [6.07, 6.45) is 0.518. The first-order valence-electron chi connectivity index (χ1n) is 9.61. The van der Waals surface area contributed by atoms with Gasteiger partial charge in [-0.25, -0.2) is 0 Å². The highest BCUT2D eigenvalue weighted by Gasteiger charge is 2.32. The molecule has 0 amide bonds. The minimum Gasteiger partial charge on any atom is -0.504 e. The van der Waals surface area contributed by atoms with Gasteiger partial charge in [0, 0.05) is 12.9 Å². The van der Waals surface area contributed by atoms with Crippen LogP contribution in [0.3, 0.4) is 0 Å². The number of hydrogen-bond donors (Lipinski definition) is 2. The lowest BCUT2D eigenvalue weighted by atomic mass is 9.99. The Morgan fingerprint density at radius 3 is 2.55 bits per heavy atom. The first-order chi connectivity index (χ1) is 14.1. The lowest BCUT2D eigenvalue weighted by Crippen LogP contribution is -2.26. The summed E-state index contributed by atoms with van der Waals surface area (Å²) in [5.41, 5.74) is 0.558. The number of hydrogen-bond acceptors (Lipinski definition) is 8.